The van der Waals surface area contributed by atoms with Crippen molar-refractivity contribution in [1.29, 1.82) is 0 Å². The summed E-state index contributed by atoms with van der Waals surface area (Å²) in [5, 5.41) is 0. The molecule has 0 amide bonds. The molecule has 0 radical (unpaired) electrons. The number of fused-ring (bicyclic) bond motifs is 4. The number of anilines is 6. The molecule has 11 rings (SSSR count). The van der Waals surface area contributed by atoms with E-state index < -0.39 is 0 Å². The van der Waals surface area contributed by atoms with Gasteiger partial charge in [0.2, 0.25) is 0 Å². The van der Waals surface area contributed by atoms with E-state index in [1.807, 2.05) is 0 Å². The van der Waals surface area contributed by atoms with Crippen molar-refractivity contribution >= 4 is 57.2 Å². The maximum absolute atomic E-state index is 2.59. The Hall–Kier alpha value is -5.80. The molecule has 0 N–H and O–H groups in total. The SMILES string of the molecule is c1ccc(C(c2ccccc2)c2cc3c4c(c2)N(c2ccc(C5CCCCC5)cc2)c2ccccc2B4c2ccccc2N3c2ccc(C3CCCCC3)cc2)cc1. The van der Waals surface area contributed by atoms with E-state index in [-0.39, 0.29) is 12.6 Å². The van der Waals surface area contributed by atoms with Gasteiger partial charge in [-0.05, 0) is 130 Å². The number of nitrogens with zero attached hydrogens (tertiary/aromatic N) is 2. The Balaban J connectivity index is 1.16. The molecule has 0 atom stereocenters. The van der Waals surface area contributed by atoms with Gasteiger partial charge in [0.25, 0.3) is 6.71 Å². The highest BCUT2D eigenvalue weighted by Crippen LogP contribution is 2.47. The van der Waals surface area contributed by atoms with Crippen LogP contribution in [0.4, 0.5) is 34.1 Å². The van der Waals surface area contributed by atoms with Gasteiger partial charge in [0.15, 0.2) is 0 Å². The van der Waals surface area contributed by atoms with Gasteiger partial charge in [-0.3, -0.25) is 0 Å². The van der Waals surface area contributed by atoms with Gasteiger partial charge < -0.3 is 9.80 Å². The number of hydrogen-bond acceptors (Lipinski definition) is 2. The Kier molecular flexibility index (Phi) is 9.26. The topological polar surface area (TPSA) is 6.48 Å². The normalized spacial score (nSPS) is 16.5. The second-order valence-corrected chi connectivity index (χ2v) is 17.3. The van der Waals surface area contributed by atoms with E-state index in [2.05, 4.69) is 180 Å². The fraction of sp³-hybridized carbons (Fsp3) is 0.236. The molecule has 58 heavy (non-hydrogen) atoms. The summed E-state index contributed by atoms with van der Waals surface area (Å²) in [6, 6.07) is 65.1. The van der Waals surface area contributed by atoms with Crippen LogP contribution in [0, 0.1) is 0 Å². The first-order valence-electron chi connectivity index (χ1n) is 22.1. The summed E-state index contributed by atoms with van der Waals surface area (Å²) in [6.45, 7) is 0.105. The molecule has 7 aromatic rings. The number of hydrogen-bond donors (Lipinski definition) is 0. The lowest BCUT2D eigenvalue weighted by Crippen LogP contribution is -2.61. The van der Waals surface area contributed by atoms with Crippen molar-refractivity contribution in [3.05, 3.63) is 198 Å². The Labute approximate surface area is 345 Å². The minimum atomic E-state index is 0.0581. The fourth-order valence-corrected chi connectivity index (χ4v) is 11.2. The minimum Gasteiger partial charge on any atom is -0.311 e. The van der Waals surface area contributed by atoms with Crippen LogP contribution in [0.15, 0.2) is 170 Å². The van der Waals surface area contributed by atoms with Crippen LogP contribution in [0.5, 0.6) is 0 Å². The van der Waals surface area contributed by atoms with Crippen molar-refractivity contribution in [1.82, 2.24) is 0 Å². The zero-order chi connectivity index (χ0) is 38.4. The number of rotatable bonds is 7. The second-order valence-electron chi connectivity index (χ2n) is 17.3. The average Bonchev–Trinajstić information content (AvgIpc) is 3.30. The third-order valence-electron chi connectivity index (χ3n) is 14.0. The van der Waals surface area contributed by atoms with Crippen LogP contribution in [0.2, 0.25) is 0 Å². The van der Waals surface area contributed by atoms with Crippen molar-refractivity contribution < 1.29 is 0 Å². The van der Waals surface area contributed by atoms with E-state index in [0.29, 0.717) is 11.8 Å². The van der Waals surface area contributed by atoms with E-state index in [4.69, 9.17) is 0 Å². The van der Waals surface area contributed by atoms with E-state index >= 15 is 0 Å². The van der Waals surface area contributed by atoms with Crippen molar-refractivity contribution in [3.63, 3.8) is 0 Å². The fourth-order valence-electron chi connectivity index (χ4n) is 11.2. The molecule has 2 aliphatic carbocycles. The first-order valence-corrected chi connectivity index (χ1v) is 22.1. The smallest absolute Gasteiger partial charge is 0.252 e. The van der Waals surface area contributed by atoms with Crippen molar-refractivity contribution in [2.45, 2.75) is 82.0 Å². The lowest BCUT2D eigenvalue weighted by molar-refractivity contribution is 0.443. The van der Waals surface area contributed by atoms with Gasteiger partial charge in [0, 0.05) is 40.0 Å². The summed E-state index contributed by atoms with van der Waals surface area (Å²) in [5.41, 5.74) is 18.5. The highest BCUT2D eigenvalue weighted by Gasteiger charge is 2.43. The lowest BCUT2D eigenvalue weighted by Gasteiger charge is -2.44. The third-order valence-corrected chi connectivity index (χ3v) is 14.0. The van der Waals surface area contributed by atoms with Crippen LogP contribution in [0.1, 0.15) is 110 Å². The van der Waals surface area contributed by atoms with E-state index in [0.717, 1.165) is 0 Å². The van der Waals surface area contributed by atoms with Crippen LogP contribution < -0.4 is 26.2 Å². The predicted octanol–water partition coefficient (Wildman–Crippen LogP) is 13.0. The van der Waals surface area contributed by atoms with Crippen LogP contribution in [0.3, 0.4) is 0 Å². The summed E-state index contributed by atoms with van der Waals surface area (Å²) >= 11 is 0. The lowest BCUT2D eigenvalue weighted by atomic mass is 9.33. The third kappa shape index (κ3) is 6.18. The average molecular weight is 751 g/mol. The summed E-state index contributed by atoms with van der Waals surface area (Å²) in [4.78, 5) is 5.17. The Morgan fingerprint density at radius 1 is 0.379 bits per heavy atom. The standard InChI is InChI=1S/C55H51BN2/c1-5-17-39(18-6-1)41-29-33-46(34-30-41)57-50-27-15-13-25-48(50)56-49-26-14-16-28-51(49)58(47-35-31-42(32-36-47)40-19-7-2-8-20-40)53-38-45(37-52(57)55(53)56)54(43-21-9-3-10-22-43)44-23-11-4-12-24-44/h3-4,9-16,21-40,54H,1-2,5-8,17-20H2. The highest BCUT2D eigenvalue weighted by atomic mass is 15.2. The molecule has 2 nitrogen and oxygen atoms in total. The Morgan fingerprint density at radius 3 is 1.21 bits per heavy atom. The zero-order valence-electron chi connectivity index (χ0n) is 33.4. The first-order chi connectivity index (χ1) is 28.8. The van der Waals surface area contributed by atoms with Gasteiger partial charge in [-0.1, -0.05) is 160 Å². The van der Waals surface area contributed by atoms with Crippen molar-refractivity contribution in [3.8, 4) is 0 Å². The summed E-state index contributed by atoms with van der Waals surface area (Å²) < 4.78 is 0. The molecule has 7 aromatic carbocycles. The maximum Gasteiger partial charge on any atom is 0.252 e. The number of para-hydroxylation sites is 2. The van der Waals surface area contributed by atoms with Gasteiger partial charge in [0.05, 0.1) is 0 Å². The molecule has 3 heteroatoms. The van der Waals surface area contributed by atoms with E-state index in [9.17, 15) is 0 Å². The van der Waals surface area contributed by atoms with Crippen LogP contribution in [0.25, 0.3) is 0 Å². The molecule has 0 aromatic heterocycles. The quantitative estimate of drug-likeness (QED) is 0.118. The molecule has 0 bridgehead atoms. The largest absolute Gasteiger partial charge is 0.311 e. The molecule has 4 aliphatic rings. The zero-order valence-corrected chi connectivity index (χ0v) is 33.4. The van der Waals surface area contributed by atoms with Crippen molar-refractivity contribution in [2.24, 2.45) is 0 Å². The van der Waals surface area contributed by atoms with Gasteiger partial charge in [-0.15, -0.1) is 0 Å². The molecular formula is C55H51BN2. The minimum absolute atomic E-state index is 0.0581. The monoisotopic (exact) mass is 750 g/mol. The number of benzene rings is 7. The molecule has 284 valence electrons. The second kappa shape index (κ2) is 15.2. The van der Waals surface area contributed by atoms with Crippen molar-refractivity contribution in [2.75, 3.05) is 9.80 Å². The predicted molar refractivity (Wildman–Crippen MR) is 246 cm³/mol. The van der Waals surface area contributed by atoms with Gasteiger partial charge in [-0.25, -0.2) is 0 Å². The molecule has 2 saturated carbocycles. The van der Waals surface area contributed by atoms with Crippen LogP contribution >= 0.6 is 0 Å². The van der Waals surface area contributed by atoms with Gasteiger partial charge in [-0.2, -0.15) is 0 Å². The summed E-state index contributed by atoms with van der Waals surface area (Å²) in [6.07, 6.45) is 13.4. The first kappa shape index (κ1) is 35.4. The molecule has 0 unspecified atom stereocenters. The maximum atomic E-state index is 2.59. The Morgan fingerprint density at radius 2 is 0.776 bits per heavy atom. The van der Waals surface area contributed by atoms with Crippen LogP contribution in [-0.4, -0.2) is 6.71 Å². The molecule has 0 spiro atoms. The molecule has 2 aliphatic heterocycles. The van der Waals surface area contributed by atoms with E-state index in [1.165, 1.54) is 143 Å². The van der Waals surface area contributed by atoms with Crippen LogP contribution in [-0.2, 0) is 0 Å². The van der Waals surface area contributed by atoms with E-state index in [1.54, 1.807) is 0 Å². The summed E-state index contributed by atoms with van der Waals surface area (Å²) in [7, 11) is 0. The van der Waals surface area contributed by atoms with Gasteiger partial charge in [0.1, 0.15) is 0 Å². The summed E-state index contributed by atoms with van der Waals surface area (Å²) in [5.74, 6) is 1.40. The molecule has 2 fully saturated rings. The van der Waals surface area contributed by atoms with Gasteiger partial charge >= 0.3 is 0 Å². The molecule has 0 saturated heterocycles. The highest BCUT2D eigenvalue weighted by molar-refractivity contribution is 7.00. The molecular weight excluding hydrogens is 699 g/mol. The molecule has 2 heterocycles. The Bertz CT molecular complexity index is 2360.